The maximum Gasteiger partial charge on any atom is -0.00665 e. The lowest BCUT2D eigenvalue weighted by atomic mass is 9.94. The lowest BCUT2D eigenvalue weighted by Gasteiger charge is -2.11. The van der Waals surface area contributed by atoms with Crippen molar-refractivity contribution in [2.45, 2.75) is 40.5 Å². The van der Waals surface area contributed by atoms with Gasteiger partial charge in [0.05, 0.1) is 0 Å². The van der Waals surface area contributed by atoms with E-state index < -0.39 is 0 Å². The van der Waals surface area contributed by atoms with E-state index in [4.69, 9.17) is 0 Å². The minimum atomic E-state index is 0.849. The Hall–Kier alpha value is -2.34. The zero-order valence-corrected chi connectivity index (χ0v) is 15.4. The third-order valence-electron chi connectivity index (χ3n) is 4.65. The first-order chi connectivity index (χ1) is 11.4. The van der Waals surface area contributed by atoms with Gasteiger partial charge in [0.25, 0.3) is 0 Å². The van der Waals surface area contributed by atoms with E-state index in [1.807, 2.05) is 0 Å². The van der Waals surface area contributed by atoms with E-state index in [9.17, 15) is 0 Å². The van der Waals surface area contributed by atoms with E-state index in [2.05, 4.69) is 89.4 Å². The summed E-state index contributed by atoms with van der Waals surface area (Å²) in [5, 5.41) is 0. The number of allylic oxidation sites excluding steroid dienone is 4. The number of rotatable bonds is 6. The minimum absolute atomic E-state index is 0.849. The highest BCUT2D eigenvalue weighted by Crippen LogP contribution is 2.25. The maximum atomic E-state index is 4.25. The molecule has 0 N–H and O–H groups in total. The smallest absolute Gasteiger partial charge is 0.00665 e. The van der Waals surface area contributed by atoms with Crippen molar-refractivity contribution in [3.05, 3.63) is 95.1 Å². The SMILES string of the molecule is C=C(C/C=C(\C)c1ccc(C)c(C)c1)CC(=C)c1ccccc1C. The Balaban J connectivity index is 2.00. The van der Waals surface area contributed by atoms with Crippen LogP contribution >= 0.6 is 0 Å². The molecule has 124 valence electrons. The third-order valence-corrected chi connectivity index (χ3v) is 4.65. The monoisotopic (exact) mass is 316 g/mol. The van der Waals surface area contributed by atoms with Crippen molar-refractivity contribution in [1.29, 1.82) is 0 Å². The zero-order chi connectivity index (χ0) is 17.7. The van der Waals surface area contributed by atoms with Crippen molar-refractivity contribution in [2.24, 2.45) is 0 Å². The Morgan fingerprint density at radius 3 is 2.29 bits per heavy atom. The quantitative estimate of drug-likeness (QED) is 0.500. The predicted molar refractivity (Wildman–Crippen MR) is 108 cm³/mol. The van der Waals surface area contributed by atoms with E-state index >= 15 is 0 Å². The van der Waals surface area contributed by atoms with Gasteiger partial charge in [-0.25, -0.2) is 0 Å². The molecule has 0 saturated carbocycles. The summed E-state index contributed by atoms with van der Waals surface area (Å²) in [7, 11) is 0. The van der Waals surface area contributed by atoms with Crippen LogP contribution < -0.4 is 0 Å². The molecule has 0 aromatic heterocycles. The maximum absolute atomic E-state index is 4.25. The number of hydrogen-bond donors (Lipinski definition) is 0. The van der Waals surface area contributed by atoms with Crippen LogP contribution in [0.15, 0.2) is 67.3 Å². The van der Waals surface area contributed by atoms with Crippen molar-refractivity contribution < 1.29 is 0 Å². The summed E-state index contributed by atoms with van der Waals surface area (Å²) in [5.74, 6) is 0. The van der Waals surface area contributed by atoms with Gasteiger partial charge in [-0.2, -0.15) is 0 Å². The van der Waals surface area contributed by atoms with Crippen LogP contribution in [0.1, 0.15) is 47.6 Å². The summed E-state index contributed by atoms with van der Waals surface area (Å²) in [6, 6.07) is 15.1. The van der Waals surface area contributed by atoms with Crippen LogP contribution in [-0.2, 0) is 0 Å². The van der Waals surface area contributed by atoms with Gasteiger partial charge in [-0.15, -0.1) is 0 Å². The van der Waals surface area contributed by atoms with Gasteiger partial charge in [0.2, 0.25) is 0 Å². The van der Waals surface area contributed by atoms with Gasteiger partial charge < -0.3 is 0 Å². The van der Waals surface area contributed by atoms with Crippen LogP contribution in [0.25, 0.3) is 11.1 Å². The fourth-order valence-electron chi connectivity index (χ4n) is 2.84. The fraction of sp³-hybridized carbons (Fsp3) is 0.250. The molecule has 0 bridgehead atoms. The molecule has 0 heterocycles. The van der Waals surface area contributed by atoms with E-state index in [1.54, 1.807) is 0 Å². The predicted octanol–water partition coefficient (Wildman–Crippen LogP) is 7.06. The standard InChI is InChI=1S/C24H28/c1-17(15-22(6)24-10-8-7-9-20(24)4)11-12-19(3)23-14-13-18(2)21(5)16-23/h7-10,12-14,16H,1,6,11,15H2,2-5H3/b19-12+. The number of hydrogen-bond acceptors (Lipinski definition) is 0. The molecule has 0 radical (unpaired) electrons. The molecule has 0 unspecified atom stereocenters. The lowest BCUT2D eigenvalue weighted by Crippen LogP contribution is -1.90. The fourth-order valence-corrected chi connectivity index (χ4v) is 2.84. The first kappa shape index (κ1) is 18.0. The van der Waals surface area contributed by atoms with Crippen molar-refractivity contribution in [3.63, 3.8) is 0 Å². The molecule has 2 aromatic carbocycles. The first-order valence-electron chi connectivity index (χ1n) is 8.53. The molecule has 0 fully saturated rings. The summed E-state index contributed by atoms with van der Waals surface area (Å²) >= 11 is 0. The molecule has 0 aliphatic rings. The summed E-state index contributed by atoms with van der Waals surface area (Å²) in [6.07, 6.45) is 4.02. The Bertz CT molecular complexity index is 787. The van der Waals surface area contributed by atoms with Crippen molar-refractivity contribution in [3.8, 4) is 0 Å². The molecule has 2 aromatic rings. The van der Waals surface area contributed by atoms with Crippen molar-refractivity contribution in [1.82, 2.24) is 0 Å². The van der Waals surface area contributed by atoms with E-state index in [0.29, 0.717) is 0 Å². The molecule has 0 nitrogen and oxygen atoms in total. The second-order valence-electron chi connectivity index (χ2n) is 6.74. The molecule has 24 heavy (non-hydrogen) atoms. The van der Waals surface area contributed by atoms with Crippen LogP contribution in [0.4, 0.5) is 0 Å². The Labute approximate surface area is 147 Å². The molecule has 0 aliphatic carbocycles. The molecular formula is C24H28. The van der Waals surface area contributed by atoms with Gasteiger partial charge >= 0.3 is 0 Å². The van der Waals surface area contributed by atoms with Crippen LogP contribution in [0.5, 0.6) is 0 Å². The minimum Gasteiger partial charge on any atom is -0.0992 e. The largest absolute Gasteiger partial charge is 0.0992 e. The molecule has 0 amide bonds. The van der Waals surface area contributed by atoms with E-state index in [1.165, 1.54) is 39.0 Å². The van der Waals surface area contributed by atoms with Crippen LogP contribution in [0.2, 0.25) is 0 Å². The highest BCUT2D eigenvalue weighted by atomic mass is 14.1. The van der Waals surface area contributed by atoms with Gasteiger partial charge in [-0.1, -0.05) is 67.3 Å². The first-order valence-corrected chi connectivity index (χ1v) is 8.53. The average Bonchev–Trinajstić information content (AvgIpc) is 2.55. The normalized spacial score (nSPS) is 11.4. The number of aryl methyl sites for hydroxylation is 3. The summed E-state index contributed by atoms with van der Waals surface area (Å²) in [6.45, 7) is 17.1. The average molecular weight is 316 g/mol. The van der Waals surface area contributed by atoms with Gasteiger partial charge in [0.15, 0.2) is 0 Å². The van der Waals surface area contributed by atoms with E-state index in [0.717, 1.165) is 18.4 Å². The second-order valence-corrected chi connectivity index (χ2v) is 6.74. The van der Waals surface area contributed by atoms with Gasteiger partial charge in [-0.05, 0) is 79.5 Å². The van der Waals surface area contributed by atoms with Gasteiger partial charge in [-0.3, -0.25) is 0 Å². The van der Waals surface area contributed by atoms with Crippen LogP contribution in [0.3, 0.4) is 0 Å². The highest BCUT2D eigenvalue weighted by Gasteiger charge is 2.04. The Morgan fingerprint density at radius 1 is 0.917 bits per heavy atom. The molecule has 0 spiro atoms. The van der Waals surface area contributed by atoms with Crippen molar-refractivity contribution >= 4 is 11.1 Å². The van der Waals surface area contributed by atoms with Crippen LogP contribution in [-0.4, -0.2) is 0 Å². The number of benzene rings is 2. The summed E-state index contributed by atoms with van der Waals surface area (Å²) in [5.41, 5.74) is 10.1. The molecule has 0 saturated heterocycles. The van der Waals surface area contributed by atoms with Crippen LogP contribution in [0, 0.1) is 20.8 Å². The summed E-state index contributed by atoms with van der Waals surface area (Å²) < 4.78 is 0. The Kier molecular flexibility index (Phi) is 5.98. The van der Waals surface area contributed by atoms with E-state index in [-0.39, 0.29) is 0 Å². The van der Waals surface area contributed by atoms with Gasteiger partial charge in [0.1, 0.15) is 0 Å². The van der Waals surface area contributed by atoms with Gasteiger partial charge in [0, 0.05) is 0 Å². The topological polar surface area (TPSA) is 0 Å². The summed E-state index contributed by atoms with van der Waals surface area (Å²) in [4.78, 5) is 0. The molecule has 0 heteroatoms. The molecular weight excluding hydrogens is 288 g/mol. The lowest BCUT2D eigenvalue weighted by molar-refractivity contribution is 1.13. The zero-order valence-electron chi connectivity index (χ0n) is 15.4. The molecule has 2 rings (SSSR count). The second kappa shape index (κ2) is 7.97. The third kappa shape index (κ3) is 4.58. The molecule has 0 aliphatic heterocycles. The highest BCUT2D eigenvalue weighted by molar-refractivity contribution is 5.68. The van der Waals surface area contributed by atoms with Crippen molar-refractivity contribution in [2.75, 3.05) is 0 Å². The Morgan fingerprint density at radius 2 is 1.62 bits per heavy atom. The molecule has 0 atom stereocenters.